The van der Waals surface area contributed by atoms with Crippen LogP contribution in [0.1, 0.15) is 5.56 Å². The fraction of sp³-hybridized carbons (Fsp3) is 0.692. The Morgan fingerprint density at radius 1 is 1.50 bits per heavy atom. The van der Waals surface area contributed by atoms with Gasteiger partial charge in [0.1, 0.15) is 0 Å². The van der Waals surface area contributed by atoms with E-state index in [0.717, 1.165) is 19.6 Å². The molecule has 1 N–H and O–H groups in total. The minimum absolute atomic E-state index is 0.264. The molecule has 0 radical (unpaired) electrons. The maximum Gasteiger partial charge on any atom is 0.208 e. The molecule has 2 saturated heterocycles. The van der Waals surface area contributed by atoms with E-state index in [1.54, 1.807) is 11.3 Å². The molecular weight excluding hydrogens is 296 g/mol. The molecule has 0 unspecified atom stereocenters. The molecule has 2 fully saturated rings. The molecule has 0 saturated carbocycles. The number of thiophene rings is 1. The maximum atomic E-state index is 11.2. The molecule has 2 aliphatic rings. The molecule has 2 aliphatic heterocycles. The molecule has 7 heteroatoms. The van der Waals surface area contributed by atoms with E-state index < -0.39 is 10.0 Å². The van der Waals surface area contributed by atoms with Gasteiger partial charge in [-0.15, -0.1) is 0 Å². The first kappa shape index (κ1) is 14.5. The quantitative estimate of drug-likeness (QED) is 0.871. The summed E-state index contributed by atoms with van der Waals surface area (Å²) in [6, 6.07) is 2.16. The lowest BCUT2D eigenvalue weighted by Gasteiger charge is -2.19. The second-order valence-corrected chi connectivity index (χ2v) is 8.36. The van der Waals surface area contributed by atoms with Gasteiger partial charge in [-0.2, -0.15) is 11.3 Å². The van der Waals surface area contributed by atoms with E-state index in [9.17, 15) is 8.42 Å². The number of likely N-dealkylation sites (tertiary alicyclic amines) is 1. The standard InChI is InChI=1S/C13H20N2O3S2/c1-20(16,17)14-4-11-8-18-13-7-15(6-12(11)13)5-10-2-3-19-9-10/h2-3,9,11-14H,4-8H2,1H3/t11-,12-,13-/m1/s1. The van der Waals surface area contributed by atoms with Crippen molar-refractivity contribution in [2.24, 2.45) is 11.8 Å². The predicted molar refractivity (Wildman–Crippen MR) is 79.2 cm³/mol. The zero-order valence-corrected chi connectivity index (χ0v) is 13.1. The first-order valence-electron chi connectivity index (χ1n) is 6.81. The Labute approximate surface area is 124 Å². The van der Waals surface area contributed by atoms with Crippen LogP contribution in [0.4, 0.5) is 0 Å². The Balaban J connectivity index is 1.55. The van der Waals surface area contributed by atoms with Crippen LogP contribution in [0.25, 0.3) is 0 Å². The summed E-state index contributed by atoms with van der Waals surface area (Å²) in [6.07, 6.45) is 1.47. The van der Waals surface area contributed by atoms with E-state index >= 15 is 0 Å². The largest absolute Gasteiger partial charge is 0.376 e. The monoisotopic (exact) mass is 316 g/mol. The van der Waals surface area contributed by atoms with Crippen molar-refractivity contribution < 1.29 is 13.2 Å². The number of hydrogen-bond acceptors (Lipinski definition) is 5. The highest BCUT2D eigenvalue weighted by molar-refractivity contribution is 7.88. The molecule has 0 bridgehead atoms. The zero-order chi connectivity index (χ0) is 14.2. The van der Waals surface area contributed by atoms with Crippen LogP contribution in [0, 0.1) is 11.8 Å². The molecule has 20 heavy (non-hydrogen) atoms. The minimum atomic E-state index is -3.11. The van der Waals surface area contributed by atoms with Crippen molar-refractivity contribution in [3.8, 4) is 0 Å². The Morgan fingerprint density at radius 2 is 2.35 bits per heavy atom. The summed E-state index contributed by atoms with van der Waals surface area (Å²) in [7, 11) is -3.11. The summed E-state index contributed by atoms with van der Waals surface area (Å²) in [5, 5.41) is 4.28. The summed E-state index contributed by atoms with van der Waals surface area (Å²) in [6.45, 7) is 4.08. The highest BCUT2D eigenvalue weighted by Gasteiger charge is 2.43. The summed E-state index contributed by atoms with van der Waals surface area (Å²) >= 11 is 1.72. The van der Waals surface area contributed by atoms with Crippen LogP contribution in [0.5, 0.6) is 0 Å². The number of hydrogen-bond donors (Lipinski definition) is 1. The van der Waals surface area contributed by atoms with E-state index in [-0.39, 0.29) is 6.10 Å². The number of nitrogens with one attached hydrogen (secondary N) is 1. The minimum Gasteiger partial charge on any atom is -0.376 e. The summed E-state index contributed by atoms with van der Waals surface area (Å²) < 4.78 is 30.8. The van der Waals surface area contributed by atoms with Crippen LogP contribution in [-0.4, -0.2) is 51.9 Å². The van der Waals surface area contributed by atoms with Gasteiger partial charge in [0.25, 0.3) is 0 Å². The third-order valence-electron chi connectivity index (χ3n) is 4.11. The maximum absolute atomic E-state index is 11.2. The van der Waals surface area contributed by atoms with Gasteiger partial charge in [0, 0.05) is 38.0 Å². The Morgan fingerprint density at radius 3 is 3.05 bits per heavy atom. The SMILES string of the molecule is CS(=O)(=O)NC[C@@H]1CO[C@@H]2CN(Cc3ccsc3)C[C@H]12. The molecule has 1 aromatic heterocycles. The smallest absolute Gasteiger partial charge is 0.208 e. The molecule has 1 aromatic rings. The van der Waals surface area contributed by atoms with Crippen LogP contribution < -0.4 is 4.72 Å². The average Bonchev–Trinajstić information content (AvgIpc) is 3.03. The van der Waals surface area contributed by atoms with Crippen molar-refractivity contribution in [1.29, 1.82) is 0 Å². The van der Waals surface area contributed by atoms with Gasteiger partial charge in [-0.05, 0) is 22.4 Å². The number of fused-ring (bicyclic) bond motifs is 1. The van der Waals surface area contributed by atoms with E-state index in [4.69, 9.17) is 4.74 Å². The van der Waals surface area contributed by atoms with Gasteiger partial charge in [0.15, 0.2) is 0 Å². The van der Waals surface area contributed by atoms with Crippen LogP contribution in [0.15, 0.2) is 16.8 Å². The van der Waals surface area contributed by atoms with Crippen molar-refractivity contribution in [1.82, 2.24) is 9.62 Å². The van der Waals surface area contributed by atoms with Gasteiger partial charge < -0.3 is 4.74 Å². The lowest BCUT2D eigenvalue weighted by molar-refractivity contribution is 0.0942. The second-order valence-electron chi connectivity index (χ2n) is 5.74. The average molecular weight is 316 g/mol. The molecule has 0 spiro atoms. The first-order chi connectivity index (χ1) is 9.51. The van der Waals surface area contributed by atoms with Crippen molar-refractivity contribution >= 4 is 21.4 Å². The fourth-order valence-electron chi connectivity index (χ4n) is 3.12. The molecule has 0 aromatic carbocycles. The highest BCUT2D eigenvalue weighted by atomic mass is 32.2. The lowest BCUT2D eigenvalue weighted by Crippen LogP contribution is -2.33. The molecule has 112 valence electrons. The van der Waals surface area contributed by atoms with E-state index in [1.165, 1.54) is 11.8 Å². The first-order valence-corrected chi connectivity index (χ1v) is 9.64. The van der Waals surface area contributed by atoms with Gasteiger partial charge in [-0.25, -0.2) is 13.1 Å². The number of nitrogens with zero attached hydrogens (tertiary/aromatic N) is 1. The highest BCUT2D eigenvalue weighted by Crippen LogP contribution is 2.34. The number of rotatable bonds is 5. The summed E-state index contributed by atoms with van der Waals surface area (Å²) in [5.41, 5.74) is 1.35. The van der Waals surface area contributed by atoms with Gasteiger partial charge >= 0.3 is 0 Å². The third-order valence-corrected chi connectivity index (χ3v) is 5.53. The topological polar surface area (TPSA) is 58.6 Å². The molecule has 3 rings (SSSR count). The fourth-order valence-corrected chi connectivity index (χ4v) is 4.30. The molecule has 3 atom stereocenters. The molecule has 0 amide bonds. The molecule has 3 heterocycles. The number of sulfonamides is 1. The number of ether oxygens (including phenoxy) is 1. The third kappa shape index (κ3) is 3.40. The molecular formula is C13H20N2O3S2. The van der Waals surface area contributed by atoms with E-state index in [2.05, 4.69) is 26.4 Å². The van der Waals surface area contributed by atoms with E-state index in [1.807, 2.05) is 0 Å². The second kappa shape index (κ2) is 5.73. The van der Waals surface area contributed by atoms with E-state index in [0.29, 0.717) is 25.0 Å². The van der Waals surface area contributed by atoms with Gasteiger partial charge in [0.05, 0.1) is 19.0 Å². The van der Waals surface area contributed by atoms with Gasteiger partial charge in [-0.1, -0.05) is 0 Å². The predicted octanol–water partition coefficient (Wildman–Crippen LogP) is 0.744. The van der Waals surface area contributed by atoms with Crippen LogP contribution >= 0.6 is 11.3 Å². The van der Waals surface area contributed by atoms with Gasteiger partial charge in [-0.3, -0.25) is 4.90 Å². The van der Waals surface area contributed by atoms with Crippen molar-refractivity contribution in [2.75, 3.05) is 32.5 Å². The normalized spacial score (nSPS) is 30.8. The Kier molecular flexibility index (Phi) is 4.14. The Bertz CT molecular complexity index is 544. The van der Waals surface area contributed by atoms with Crippen molar-refractivity contribution in [3.05, 3.63) is 22.4 Å². The van der Waals surface area contributed by atoms with Crippen LogP contribution in [0.2, 0.25) is 0 Å². The zero-order valence-electron chi connectivity index (χ0n) is 11.5. The van der Waals surface area contributed by atoms with Crippen molar-refractivity contribution in [3.63, 3.8) is 0 Å². The molecule has 0 aliphatic carbocycles. The summed E-state index contributed by atoms with van der Waals surface area (Å²) in [5.74, 6) is 0.741. The van der Waals surface area contributed by atoms with Gasteiger partial charge in [0.2, 0.25) is 10.0 Å². The van der Waals surface area contributed by atoms with Crippen LogP contribution in [0.3, 0.4) is 0 Å². The summed E-state index contributed by atoms with van der Waals surface area (Å²) in [4.78, 5) is 2.41. The van der Waals surface area contributed by atoms with Crippen molar-refractivity contribution in [2.45, 2.75) is 12.6 Å². The Hall–Kier alpha value is -0.470. The van der Waals surface area contributed by atoms with Crippen LogP contribution in [-0.2, 0) is 21.3 Å². The lowest BCUT2D eigenvalue weighted by atomic mass is 9.93. The molecule has 5 nitrogen and oxygen atoms in total.